The molecule has 0 aliphatic carbocycles. The van der Waals surface area contributed by atoms with Crippen LogP contribution in [0.2, 0.25) is 0 Å². The maximum Gasteiger partial charge on any atom is 0.191 e. The second-order valence-corrected chi connectivity index (χ2v) is 5.01. The molecule has 1 heterocycles. The van der Waals surface area contributed by atoms with Crippen LogP contribution in [0.15, 0.2) is 35.3 Å². The standard InChI is InChI=1S/C14H22N4/c1-17(2)13-8-9-18(11-13)14(15)16-10-12-6-4-3-5-7-12/h3-7,13H,8-11H2,1-2H3,(H2,15,16). The van der Waals surface area contributed by atoms with Crippen LogP contribution >= 0.6 is 0 Å². The molecular weight excluding hydrogens is 224 g/mol. The van der Waals surface area contributed by atoms with Gasteiger partial charge in [-0.25, -0.2) is 4.99 Å². The molecule has 0 saturated carbocycles. The third-order valence-electron chi connectivity index (χ3n) is 3.48. The zero-order valence-corrected chi connectivity index (χ0v) is 11.2. The lowest BCUT2D eigenvalue weighted by Gasteiger charge is -2.20. The minimum atomic E-state index is 0.593. The zero-order chi connectivity index (χ0) is 13.0. The Morgan fingerprint density at radius 3 is 2.72 bits per heavy atom. The Labute approximate surface area is 109 Å². The fourth-order valence-electron chi connectivity index (χ4n) is 2.23. The average Bonchev–Trinajstić information content (AvgIpc) is 2.87. The molecule has 2 rings (SSSR count). The molecule has 1 aliphatic heterocycles. The minimum absolute atomic E-state index is 0.593. The van der Waals surface area contributed by atoms with Crippen molar-refractivity contribution >= 4 is 5.96 Å². The number of guanidine groups is 1. The molecule has 18 heavy (non-hydrogen) atoms. The fourth-order valence-corrected chi connectivity index (χ4v) is 2.23. The van der Waals surface area contributed by atoms with E-state index in [4.69, 9.17) is 5.73 Å². The molecule has 2 N–H and O–H groups in total. The Bertz CT molecular complexity index is 400. The Kier molecular flexibility index (Phi) is 4.20. The number of benzene rings is 1. The third-order valence-corrected chi connectivity index (χ3v) is 3.48. The molecule has 1 atom stereocenters. The summed E-state index contributed by atoms with van der Waals surface area (Å²) in [5.74, 6) is 0.670. The smallest absolute Gasteiger partial charge is 0.191 e. The van der Waals surface area contributed by atoms with Gasteiger partial charge in [-0.15, -0.1) is 0 Å². The van der Waals surface area contributed by atoms with Gasteiger partial charge in [0.05, 0.1) is 6.54 Å². The van der Waals surface area contributed by atoms with Crippen molar-refractivity contribution in [2.24, 2.45) is 10.7 Å². The predicted octanol–water partition coefficient (Wildman–Crippen LogP) is 1.14. The van der Waals surface area contributed by atoms with E-state index in [2.05, 4.69) is 41.0 Å². The zero-order valence-electron chi connectivity index (χ0n) is 11.2. The van der Waals surface area contributed by atoms with Crippen molar-refractivity contribution in [3.8, 4) is 0 Å². The van der Waals surface area contributed by atoms with E-state index in [1.807, 2.05) is 18.2 Å². The third kappa shape index (κ3) is 3.23. The highest BCUT2D eigenvalue weighted by Gasteiger charge is 2.24. The summed E-state index contributed by atoms with van der Waals surface area (Å²) < 4.78 is 0. The summed E-state index contributed by atoms with van der Waals surface area (Å²) in [6.07, 6.45) is 1.16. The molecule has 0 bridgehead atoms. The van der Waals surface area contributed by atoms with Gasteiger partial charge in [0.25, 0.3) is 0 Å². The molecule has 1 saturated heterocycles. The number of aliphatic imine (C=N–C) groups is 1. The summed E-state index contributed by atoms with van der Waals surface area (Å²) >= 11 is 0. The first-order valence-electron chi connectivity index (χ1n) is 6.42. The summed E-state index contributed by atoms with van der Waals surface area (Å²) in [6.45, 7) is 2.65. The first-order chi connectivity index (χ1) is 8.66. The van der Waals surface area contributed by atoms with E-state index in [0.717, 1.165) is 19.5 Å². The average molecular weight is 246 g/mol. The molecule has 1 unspecified atom stereocenters. The predicted molar refractivity (Wildman–Crippen MR) is 75.4 cm³/mol. The van der Waals surface area contributed by atoms with E-state index in [1.165, 1.54) is 5.56 Å². The molecular formula is C14H22N4. The van der Waals surface area contributed by atoms with Gasteiger partial charge in [0.1, 0.15) is 0 Å². The van der Waals surface area contributed by atoms with Crippen LogP contribution in [0.25, 0.3) is 0 Å². The highest BCUT2D eigenvalue weighted by atomic mass is 15.3. The van der Waals surface area contributed by atoms with Crippen LogP contribution in [0.5, 0.6) is 0 Å². The van der Waals surface area contributed by atoms with E-state index in [1.54, 1.807) is 0 Å². The molecule has 0 radical (unpaired) electrons. The van der Waals surface area contributed by atoms with Crippen LogP contribution in [0.3, 0.4) is 0 Å². The highest BCUT2D eigenvalue weighted by Crippen LogP contribution is 2.12. The number of nitrogens with two attached hydrogens (primary N) is 1. The number of nitrogens with zero attached hydrogens (tertiary/aromatic N) is 3. The van der Waals surface area contributed by atoms with Gasteiger partial charge in [0, 0.05) is 19.1 Å². The lowest BCUT2D eigenvalue weighted by atomic mass is 10.2. The van der Waals surface area contributed by atoms with Gasteiger partial charge < -0.3 is 15.5 Å². The minimum Gasteiger partial charge on any atom is -0.370 e. The van der Waals surface area contributed by atoms with Crippen LogP contribution in [0.4, 0.5) is 0 Å². The van der Waals surface area contributed by atoms with E-state index in [-0.39, 0.29) is 0 Å². The van der Waals surface area contributed by atoms with Crippen LogP contribution in [-0.4, -0.2) is 49.0 Å². The van der Waals surface area contributed by atoms with Crippen molar-refractivity contribution in [3.05, 3.63) is 35.9 Å². The number of hydrogen-bond acceptors (Lipinski definition) is 2. The molecule has 1 aromatic rings. The molecule has 4 nitrogen and oxygen atoms in total. The summed E-state index contributed by atoms with van der Waals surface area (Å²) in [5.41, 5.74) is 7.24. The number of likely N-dealkylation sites (N-methyl/N-ethyl adjacent to an activating group) is 1. The summed E-state index contributed by atoms with van der Waals surface area (Å²) in [7, 11) is 4.23. The van der Waals surface area contributed by atoms with Gasteiger partial charge in [0.2, 0.25) is 0 Å². The molecule has 0 aromatic heterocycles. The second-order valence-electron chi connectivity index (χ2n) is 5.01. The van der Waals surface area contributed by atoms with Crippen LogP contribution in [0, 0.1) is 0 Å². The molecule has 4 heteroatoms. The van der Waals surface area contributed by atoms with Gasteiger partial charge in [-0.05, 0) is 26.1 Å². The quantitative estimate of drug-likeness (QED) is 0.642. The summed E-state index contributed by atoms with van der Waals surface area (Å²) in [4.78, 5) is 8.90. The molecule has 1 fully saturated rings. The van der Waals surface area contributed by atoms with Crippen molar-refractivity contribution in [2.45, 2.75) is 19.0 Å². The van der Waals surface area contributed by atoms with Crippen molar-refractivity contribution in [3.63, 3.8) is 0 Å². The van der Waals surface area contributed by atoms with E-state index >= 15 is 0 Å². The van der Waals surface area contributed by atoms with Crippen molar-refractivity contribution in [2.75, 3.05) is 27.2 Å². The lowest BCUT2D eigenvalue weighted by molar-refractivity contribution is 0.300. The highest BCUT2D eigenvalue weighted by molar-refractivity contribution is 5.78. The van der Waals surface area contributed by atoms with Gasteiger partial charge >= 0.3 is 0 Å². The second kappa shape index (κ2) is 5.87. The van der Waals surface area contributed by atoms with Gasteiger partial charge in [-0.2, -0.15) is 0 Å². The van der Waals surface area contributed by atoms with Crippen LogP contribution < -0.4 is 5.73 Å². The maximum absolute atomic E-state index is 6.05. The lowest BCUT2D eigenvalue weighted by Crippen LogP contribution is -2.38. The van der Waals surface area contributed by atoms with Crippen LogP contribution in [-0.2, 0) is 6.54 Å². The Hall–Kier alpha value is -1.55. The maximum atomic E-state index is 6.05. The number of likely N-dealkylation sites (tertiary alicyclic amines) is 1. The fraction of sp³-hybridized carbons (Fsp3) is 0.500. The number of hydrogen-bond donors (Lipinski definition) is 1. The van der Waals surface area contributed by atoms with E-state index in [9.17, 15) is 0 Å². The Morgan fingerprint density at radius 1 is 1.39 bits per heavy atom. The molecule has 1 aliphatic rings. The van der Waals surface area contributed by atoms with Crippen molar-refractivity contribution in [1.29, 1.82) is 0 Å². The largest absolute Gasteiger partial charge is 0.370 e. The van der Waals surface area contributed by atoms with Gasteiger partial charge in [0.15, 0.2) is 5.96 Å². The monoisotopic (exact) mass is 246 g/mol. The van der Waals surface area contributed by atoms with E-state index in [0.29, 0.717) is 18.5 Å². The topological polar surface area (TPSA) is 44.9 Å². The van der Waals surface area contributed by atoms with Gasteiger partial charge in [-0.3, -0.25) is 0 Å². The van der Waals surface area contributed by atoms with Crippen LogP contribution in [0.1, 0.15) is 12.0 Å². The summed E-state index contributed by atoms with van der Waals surface area (Å²) in [5, 5.41) is 0. The first kappa shape index (κ1) is 12.9. The van der Waals surface area contributed by atoms with Crippen molar-refractivity contribution < 1.29 is 0 Å². The molecule has 0 spiro atoms. The Balaban J connectivity index is 1.90. The van der Waals surface area contributed by atoms with Gasteiger partial charge in [-0.1, -0.05) is 30.3 Å². The normalized spacial score (nSPS) is 20.7. The molecule has 1 aromatic carbocycles. The number of rotatable bonds is 3. The molecule has 98 valence electrons. The Morgan fingerprint density at radius 2 is 2.11 bits per heavy atom. The first-order valence-corrected chi connectivity index (χ1v) is 6.42. The van der Waals surface area contributed by atoms with Crippen molar-refractivity contribution in [1.82, 2.24) is 9.80 Å². The van der Waals surface area contributed by atoms with E-state index < -0.39 is 0 Å². The SMILES string of the molecule is CN(C)C1CCN(C(N)=NCc2ccccc2)C1. The summed E-state index contributed by atoms with van der Waals surface area (Å²) in [6, 6.07) is 10.8. The molecule has 0 amide bonds.